The van der Waals surface area contributed by atoms with Crippen molar-refractivity contribution < 1.29 is 19.4 Å². The second kappa shape index (κ2) is 8.42. The molecule has 0 atom stereocenters. The first-order valence-electron chi connectivity index (χ1n) is 6.55. The second-order valence-electron chi connectivity index (χ2n) is 4.41. The van der Waals surface area contributed by atoms with Gasteiger partial charge in [0.05, 0.1) is 11.8 Å². The Labute approximate surface area is 150 Å². The number of aromatic nitrogens is 1. The molecule has 124 valence electrons. The van der Waals surface area contributed by atoms with Crippen molar-refractivity contribution in [2.24, 2.45) is 5.10 Å². The number of nitrogens with one attached hydrogen (secondary N) is 1. The van der Waals surface area contributed by atoms with Gasteiger partial charge < -0.3 is 9.84 Å². The van der Waals surface area contributed by atoms with Gasteiger partial charge in [-0.3, -0.25) is 4.79 Å². The summed E-state index contributed by atoms with van der Waals surface area (Å²) in [4.78, 5) is 26.4. The van der Waals surface area contributed by atoms with Crippen molar-refractivity contribution >= 4 is 45.6 Å². The number of nitrogens with zero attached hydrogens (tertiary/aromatic N) is 2. The van der Waals surface area contributed by atoms with Crippen LogP contribution in [0, 0.1) is 0 Å². The Balaban J connectivity index is 2.11. The highest BCUT2D eigenvalue weighted by Gasteiger charge is 2.10. The fourth-order valence-corrected chi connectivity index (χ4v) is 2.25. The zero-order valence-corrected chi connectivity index (χ0v) is 14.4. The van der Waals surface area contributed by atoms with Crippen LogP contribution < -0.4 is 10.2 Å². The fourth-order valence-electron chi connectivity index (χ4n) is 1.67. The van der Waals surface area contributed by atoms with E-state index in [1.54, 1.807) is 24.3 Å². The van der Waals surface area contributed by atoms with Crippen LogP contribution in [0.1, 0.15) is 15.9 Å². The van der Waals surface area contributed by atoms with E-state index < -0.39 is 18.5 Å². The molecule has 0 aliphatic rings. The lowest BCUT2D eigenvalue weighted by Gasteiger charge is -2.07. The zero-order chi connectivity index (χ0) is 17.5. The zero-order valence-electron chi connectivity index (χ0n) is 12.1. The van der Waals surface area contributed by atoms with Crippen LogP contribution in [0.15, 0.2) is 46.1 Å². The summed E-state index contributed by atoms with van der Waals surface area (Å²) in [6.07, 6.45) is 2.81. The van der Waals surface area contributed by atoms with Gasteiger partial charge in [0.25, 0.3) is 5.91 Å². The van der Waals surface area contributed by atoms with Gasteiger partial charge in [0, 0.05) is 16.2 Å². The van der Waals surface area contributed by atoms with Crippen LogP contribution in [-0.2, 0) is 4.79 Å². The van der Waals surface area contributed by atoms with Crippen LogP contribution in [0.25, 0.3) is 0 Å². The molecule has 24 heavy (non-hydrogen) atoms. The molecule has 2 N–H and O–H groups in total. The van der Waals surface area contributed by atoms with E-state index in [1.807, 2.05) is 0 Å². The largest absolute Gasteiger partial charge is 0.481 e. The summed E-state index contributed by atoms with van der Waals surface area (Å²) in [7, 11) is 0. The molecule has 2 rings (SSSR count). The van der Waals surface area contributed by atoms with E-state index in [-0.39, 0.29) is 10.7 Å². The monoisotopic (exact) mass is 411 g/mol. The second-order valence-corrected chi connectivity index (χ2v) is 5.68. The summed E-state index contributed by atoms with van der Waals surface area (Å²) >= 11 is 9.12. The van der Waals surface area contributed by atoms with Crippen LogP contribution >= 0.6 is 27.5 Å². The Morgan fingerprint density at radius 2 is 2.21 bits per heavy atom. The molecule has 2 aromatic rings. The summed E-state index contributed by atoms with van der Waals surface area (Å²) < 4.78 is 5.90. The molecule has 0 fully saturated rings. The Morgan fingerprint density at radius 1 is 1.42 bits per heavy atom. The number of carboxylic acids is 1. The van der Waals surface area contributed by atoms with Crippen LogP contribution in [0.4, 0.5) is 0 Å². The quantitative estimate of drug-likeness (QED) is 0.432. The molecule has 0 aliphatic carbocycles. The van der Waals surface area contributed by atoms with E-state index in [4.69, 9.17) is 21.4 Å². The molecule has 1 heterocycles. The third-order valence-corrected chi connectivity index (χ3v) is 3.49. The number of benzene rings is 1. The van der Waals surface area contributed by atoms with Gasteiger partial charge in [0.15, 0.2) is 6.61 Å². The van der Waals surface area contributed by atoms with E-state index in [0.717, 1.165) is 4.47 Å². The molecule has 0 unspecified atom stereocenters. The van der Waals surface area contributed by atoms with Crippen LogP contribution in [0.5, 0.6) is 5.75 Å². The number of carbonyl (C=O) groups excluding carboxylic acids is 1. The molecule has 0 saturated carbocycles. The van der Waals surface area contributed by atoms with Crippen LogP contribution in [0.2, 0.25) is 5.15 Å². The third-order valence-electron chi connectivity index (χ3n) is 2.70. The highest BCUT2D eigenvalue weighted by atomic mass is 79.9. The van der Waals surface area contributed by atoms with E-state index in [0.29, 0.717) is 11.3 Å². The lowest BCUT2D eigenvalue weighted by molar-refractivity contribution is -0.139. The van der Waals surface area contributed by atoms with E-state index in [2.05, 4.69) is 31.4 Å². The van der Waals surface area contributed by atoms with Gasteiger partial charge in [0.1, 0.15) is 10.9 Å². The van der Waals surface area contributed by atoms with Crippen molar-refractivity contribution in [1.82, 2.24) is 10.4 Å². The molecule has 7 nitrogen and oxygen atoms in total. The van der Waals surface area contributed by atoms with E-state index >= 15 is 0 Å². The maximum absolute atomic E-state index is 12.0. The smallest absolute Gasteiger partial charge is 0.341 e. The number of ether oxygens (including phenoxy) is 1. The lowest BCUT2D eigenvalue weighted by atomic mass is 10.2. The molecule has 0 spiro atoms. The number of amides is 1. The van der Waals surface area contributed by atoms with Crippen molar-refractivity contribution in [2.45, 2.75) is 0 Å². The molecule has 1 aromatic heterocycles. The number of carbonyl (C=O) groups is 2. The first-order chi connectivity index (χ1) is 11.5. The molecule has 0 bridgehead atoms. The van der Waals surface area contributed by atoms with Gasteiger partial charge in [-0.25, -0.2) is 15.2 Å². The number of halogens is 2. The molecular formula is C15H11BrClN3O4. The summed E-state index contributed by atoms with van der Waals surface area (Å²) in [5, 5.41) is 12.6. The summed E-state index contributed by atoms with van der Waals surface area (Å²) in [5.41, 5.74) is 3.00. The summed E-state index contributed by atoms with van der Waals surface area (Å²) in [6, 6.07) is 8.05. The predicted octanol–water partition coefficient (Wildman–Crippen LogP) is 2.72. The molecule has 1 aromatic carbocycles. The lowest BCUT2D eigenvalue weighted by Crippen LogP contribution is -2.18. The molecule has 1 amide bonds. The third kappa shape index (κ3) is 5.04. The maximum atomic E-state index is 12.0. The van der Waals surface area contributed by atoms with Gasteiger partial charge >= 0.3 is 5.97 Å². The number of hydrazone groups is 1. The molecule has 0 aliphatic heterocycles. The van der Waals surface area contributed by atoms with Gasteiger partial charge in [0.2, 0.25) is 0 Å². The topological polar surface area (TPSA) is 101 Å². The number of hydrogen-bond acceptors (Lipinski definition) is 5. The molecular weight excluding hydrogens is 402 g/mol. The number of aliphatic carboxylic acids is 1. The first kappa shape index (κ1) is 17.9. The van der Waals surface area contributed by atoms with Crippen molar-refractivity contribution in [3.05, 3.63) is 57.3 Å². The Hall–Kier alpha value is -2.45. The average Bonchev–Trinajstić information content (AvgIpc) is 2.54. The molecule has 0 radical (unpaired) electrons. The molecule has 9 heteroatoms. The summed E-state index contributed by atoms with van der Waals surface area (Å²) in [5.74, 6) is -1.30. The first-order valence-corrected chi connectivity index (χ1v) is 7.72. The van der Waals surface area contributed by atoms with Crippen LogP contribution in [0.3, 0.4) is 0 Å². The van der Waals surface area contributed by atoms with Crippen molar-refractivity contribution in [2.75, 3.05) is 6.61 Å². The minimum Gasteiger partial charge on any atom is -0.481 e. The maximum Gasteiger partial charge on any atom is 0.341 e. The minimum atomic E-state index is -1.10. The van der Waals surface area contributed by atoms with Crippen molar-refractivity contribution in [3.63, 3.8) is 0 Å². The average molecular weight is 413 g/mol. The number of carboxylic acid groups (broad SMARTS) is 1. The predicted molar refractivity (Wildman–Crippen MR) is 91.6 cm³/mol. The molecule has 0 saturated heterocycles. The van der Waals surface area contributed by atoms with Crippen molar-refractivity contribution in [3.8, 4) is 5.75 Å². The minimum absolute atomic E-state index is 0.0677. The van der Waals surface area contributed by atoms with E-state index in [9.17, 15) is 9.59 Å². The van der Waals surface area contributed by atoms with Gasteiger partial charge in [-0.15, -0.1) is 0 Å². The highest BCUT2D eigenvalue weighted by molar-refractivity contribution is 9.10. The van der Waals surface area contributed by atoms with Gasteiger partial charge in [-0.2, -0.15) is 5.10 Å². The SMILES string of the molecule is O=C(O)COc1ccc(Br)cc1C=NNC(=O)c1cccnc1Cl. The normalized spacial score (nSPS) is 10.6. The highest BCUT2D eigenvalue weighted by Crippen LogP contribution is 2.21. The van der Waals surface area contributed by atoms with Crippen molar-refractivity contribution in [1.29, 1.82) is 0 Å². The Bertz CT molecular complexity index is 798. The Morgan fingerprint density at radius 3 is 2.92 bits per heavy atom. The Kier molecular flexibility index (Phi) is 6.28. The van der Waals surface area contributed by atoms with E-state index in [1.165, 1.54) is 18.5 Å². The summed E-state index contributed by atoms with van der Waals surface area (Å²) in [6.45, 7) is -0.486. The number of hydrogen-bond donors (Lipinski definition) is 2. The van der Waals surface area contributed by atoms with Gasteiger partial charge in [-0.1, -0.05) is 27.5 Å². The number of rotatable bonds is 6. The van der Waals surface area contributed by atoms with Crippen LogP contribution in [-0.4, -0.2) is 34.8 Å². The standard InChI is InChI=1S/C15H11BrClN3O4/c16-10-3-4-12(24-8-13(21)22)9(6-10)7-19-20-15(23)11-2-1-5-18-14(11)17/h1-7H,8H2,(H,20,23)(H,21,22). The fraction of sp³-hybridized carbons (Fsp3) is 0.0667. The number of pyridine rings is 1. The van der Waals surface area contributed by atoms with Gasteiger partial charge in [-0.05, 0) is 30.3 Å².